The zero-order chi connectivity index (χ0) is 19.3. The van der Waals surface area contributed by atoms with Gasteiger partial charge in [-0.1, -0.05) is 0 Å². The van der Waals surface area contributed by atoms with Gasteiger partial charge < -0.3 is 20.6 Å². The number of hydrogen-bond acceptors (Lipinski definition) is 5. The van der Waals surface area contributed by atoms with E-state index in [2.05, 4.69) is 15.0 Å². The lowest BCUT2D eigenvalue weighted by molar-refractivity contribution is -0.134. The number of nitrogens with one attached hydrogen (secondary N) is 2. The van der Waals surface area contributed by atoms with Crippen LogP contribution in [0, 0.1) is 0 Å². The van der Waals surface area contributed by atoms with E-state index >= 15 is 0 Å². The van der Waals surface area contributed by atoms with Gasteiger partial charge >= 0.3 is 0 Å². The summed E-state index contributed by atoms with van der Waals surface area (Å²) in [5, 5.41) is 0. The summed E-state index contributed by atoms with van der Waals surface area (Å²) in [6, 6.07) is -0.562. The Kier molecular flexibility index (Phi) is 6.60. The number of amides is 1. The van der Waals surface area contributed by atoms with Crippen LogP contribution in [0.5, 0.6) is 0 Å². The van der Waals surface area contributed by atoms with Gasteiger partial charge in [0.25, 0.3) is 5.56 Å². The van der Waals surface area contributed by atoms with Crippen molar-refractivity contribution < 1.29 is 4.79 Å². The van der Waals surface area contributed by atoms with Crippen LogP contribution in [0.2, 0.25) is 0 Å². The van der Waals surface area contributed by atoms with E-state index in [9.17, 15) is 9.59 Å². The first-order valence-corrected chi connectivity index (χ1v) is 10.2. The molecule has 0 aromatic carbocycles. The van der Waals surface area contributed by atoms with E-state index in [0.717, 1.165) is 61.3 Å². The maximum Gasteiger partial charge on any atom is 0.254 e. The number of fused-ring (bicyclic) bond motifs is 2. The van der Waals surface area contributed by atoms with Crippen LogP contribution in [0.4, 0.5) is 0 Å². The number of rotatable bonds is 4. The molecule has 1 atom stereocenters. The smallest absolute Gasteiger partial charge is 0.254 e. The van der Waals surface area contributed by atoms with Gasteiger partial charge in [0.15, 0.2) is 0 Å². The predicted octanol–water partition coefficient (Wildman–Crippen LogP) is 1.59. The molecule has 164 valence electrons. The number of piperidine rings is 1. The number of likely N-dealkylation sites (tertiary alicyclic amines) is 1. The molecule has 2 aliphatic carbocycles. The lowest BCUT2D eigenvalue weighted by Crippen LogP contribution is -2.51. The first kappa shape index (κ1) is 22.8. The van der Waals surface area contributed by atoms with E-state index in [0.29, 0.717) is 25.4 Å². The van der Waals surface area contributed by atoms with Crippen molar-refractivity contribution in [2.75, 3.05) is 13.1 Å². The molecule has 4 N–H and O–H groups in total. The number of imidazole rings is 1. The molecule has 30 heavy (non-hydrogen) atoms. The third-order valence-electron chi connectivity index (χ3n) is 6.70. The van der Waals surface area contributed by atoms with E-state index in [4.69, 9.17) is 10.7 Å². The third kappa shape index (κ3) is 4.00. The molecule has 1 spiro atoms. The molecule has 2 fully saturated rings. The minimum absolute atomic E-state index is 0. The Hall–Kier alpha value is -1.90. The second-order valence-corrected chi connectivity index (χ2v) is 8.55. The maximum atomic E-state index is 12.8. The molecule has 1 amide bonds. The van der Waals surface area contributed by atoms with Crippen molar-refractivity contribution in [1.29, 1.82) is 0 Å². The van der Waals surface area contributed by atoms with E-state index in [-0.39, 0.29) is 41.7 Å². The molecule has 1 aliphatic heterocycles. The van der Waals surface area contributed by atoms with Gasteiger partial charge in [-0.3, -0.25) is 9.59 Å². The van der Waals surface area contributed by atoms with E-state index < -0.39 is 6.04 Å². The average molecular weight is 455 g/mol. The first-order chi connectivity index (χ1) is 13.6. The SMILES string of the molecule is Cl.Cl.N[C@@H](Cc1cnc[nH]1)C(=O)N1CCC2(CCc3c2nc(C2CC2)[nH]c3=O)CC1. The summed E-state index contributed by atoms with van der Waals surface area (Å²) in [6.07, 6.45) is 9.44. The molecule has 0 bridgehead atoms. The van der Waals surface area contributed by atoms with Crippen LogP contribution in [0.25, 0.3) is 0 Å². The molecular weight excluding hydrogens is 427 g/mol. The van der Waals surface area contributed by atoms with Crippen molar-refractivity contribution in [3.63, 3.8) is 0 Å². The summed E-state index contributed by atoms with van der Waals surface area (Å²) in [5.41, 5.74) is 8.87. The number of carbonyl (C=O) groups excluding carboxylic acids is 1. The van der Waals surface area contributed by atoms with Crippen LogP contribution < -0.4 is 11.3 Å². The van der Waals surface area contributed by atoms with Crippen molar-refractivity contribution in [2.45, 2.75) is 62.3 Å². The molecule has 2 aromatic heterocycles. The normalized spacial score (nSPS) is 20.2. The highest BCUT2D eigenvalue weighted by atomic mass is 35.5. The van der Waals surface area contributed by atoms with E-state index in [1.165, 1.54) is 0 Å². The Labute approximate surface area is 187 Å². The van der Waals surface area contributed by atoms with Gasteiger partial charge in [0, 0.05) is 48.3 Å². The van der Waals surface area contributed by atoms with Crippen LogP contribution in [-0.2, 0) is 23.1 Å². The Morgan fingerprint density at radius 1 is 1.27 bits per heavy atom. The number of nitrogens with zero attached hydrogens (tertiary/aromatic N) is 3. The zero-order valence-corrected chi connectivity index (χ0v) is 18.4. The fourth-order valence-corrected chi connectivity index (χ4v) is 4.82. The first-order valence-electron chi connectivity index (χ1n) is 10.2. The fourth-order valence-electron chi connectivity index (χ4n) is 4.82. The van der Waals surface area contributed by atoms with Crippen LogP contribution in [0.3, 0.4) is 0 Å². The lowest BCUT2D eigenvalue weighted by Gasteiger charge is -2.40. The highest BCUT2D eigenvalue weighted by Gasteiger charge is 2.45. The summed E-state index contributed by atoms with van der Waals surface area (Å²) in [4.78, 5) is 42.1. The highest BCUT2D eigenvalue weighted by molar-refractivity contribution is 5.85. The summed E-state index contributed by atoms with van der Waals surface area (Å²) < 4.78 is 0. The molecule has 1 saturated heterocycles. The Bertz CT molecular complexity index is 949. The van der Waals surface area contributed by atoms with E-state index in [1.54, 1.807) is 12.5 Å². The van der Waals surface area contributed by atoms with Gasteiger partial charge in [-0.2, -0.15) is 0 Å². The lowest BCUT2D eigenvalue weighted by atomic mass is 9.76. The molecule has 2 aromatic rings. The molecule has 0 unspecified atom stereocenters. The summed E-state index contributed by atoms with van der Waals surface area (Å²) >= 11 is 0. The topological polar surface area (TPSA) is 121 Å². The van der Waals surface area contributed by atoms with Crippen LogP contribution in [-0.4, -0.2) is 49.9 Å². The van der Waals surface area contributed by atoms with Gasteiger partial charge in [0.2, 0.25) is 5.91 Å². The summed E-state index contributed by atoms with van der Waals surface area (Å²) in [6.45, 7) is 1.34. The van der Waals surface area contributed by atoms with Crippen molar-refractivity contribution in [2.24, 2.45) is 5.73 Å². The minimum atomic E-state index is -0.562. The third-order valence-corrected chi connectivity index (χ3v) is 6.70. The zero-order valence-electron chi connectivity index (χ0n) is 16.7. The standard InChI is InChI=1S/C20H26N6O2.2ClH/c21-15(9-13-10-22-11-23-13)19(28)26-7-5-20(6-8-26)4-3-14-16(20)24-17(12-1-2-12)25-18(14)27;;/h10-12,15H,1-9,21H2,(H,22,23)(H,24,25,27);2*1H/t15-;;/m0../s1. The van der Waals surface area contributed by atoms with Crippen molar-refractivity contribution >= 4 is 30.7 Å². The molecule has 10 heteroatoms. The van der Waals surface area contributed by atoms with Crippen molar-refractivity contribution in [3.05, 3.63) is 45.7 Å². The maximum absolute atomic E-state index is 12.8. The number of carbonyl (C=O) groups is 1. The molecule has 8 nitrogen and oxygen atoms in total. The average Bonchev–Trinajstić information content (AvgIpc) is 3.33. The predicted molar refractivity (Wildman–Crippen MR) is 117 cm³/mol. The highest BCUT2D eigenvalue weighted by Crippen LogP contribution is 2.46. The summed E-state index contributed by atoms with van der Waals surface area (Å²) in [7, 11) is 0. The molecule has 5 rings (SSSR count). The molecule has 3 aliphatic rings. The molecule has 3 heterocycles. The quantitative estimate of drug-likeness (QED) is 0.647. The van der Waals surface area contributed by atoms with Crippen LogP contribution >= 0.6 is 24.8 Å². The van der Waals surface area contributed by atoms with Gasteiger partial charge in [0.05, 0.1) is 18.1 Å². The summed E-state index contributed by atoms with van der Waals surface area (Å²) in [5.74, 6) is 1.28. The number of hydrogen-bond donors (Lipinski definition) is 3. The Morgan fingerprint density at radius 3 is 2.63 bits per heavy atom. The number of aromatic amines is 2. The second-order valence-electron chi connectivity index (χ2n) is 8.55. The van der Waals surface area contributed by atoms with Gasteiger partial charge in [0.1, 0.15) is 5.82 Å². The van der Waals surface area contributed by atoms with Crippen molar-refractivity contribution in [3.8, 4) is 0 Å². The molecule has 1 saturated carbocycles. The second kappa shape index (κ2) is 8.69. The van der Waals surface area contributed by atoms with Gasteiger partial charge in [-0.05, 0) is 38.5 Å². The number of halogens is 2. The van der Waals surface area contributed by atoms with E-state index in [1.807, 2.05) is 4.90 Å². The van der Waals surface area contributed by atoms with Crippen molar-refractivity contribution in [1.82, 2.24) is 24.8 Å². The Morgan fingerprint density at radius 2 is 2.00 bits per heavy atom. The van der Waals surface area contributed by atoms with Gasteiger partial charge in [-0.25, -0.2) is 9.97 Å². The minimum Gasteiger partial charge on any atom is -0.348 e. The molecule has 0 radical (unpaired) electrons. The van der Waals surface area contributed by atoms with Gasteiger partial charge in [-0.15, -0.1) is 24.8 Å². The number of H-pyrrole nitrogens is 2. The Balaban J connectivity index is 0.00000128. The van der Waals surface area contributed by atoms with Crippen LogP contribution in [0.1, 0.15) is 60.8 Å². The van der Waals surface area contributed by atoms with Crippen LogP contribution in [0.15, 0.2) is 17.3 Å². The molecular formula is C20H28Cl2N6O2. The monoisotopic (exact) mass is 454 g/mol. The number of nitrogens with two attached hydrogens (primary N) is 1. The largest absolute Gasteiger partial charge is 0.348 e. The number of aromatic nitrogens is 4. The fraction of sp³-hybridized carbons (Fsp3) is 0.600.